The molecule has 4 rings (SSSR count). The van der Waals surface area contributed by atoms with Gasteiger partial charge in [0.05, 0.1) is 5.56 Å². The van der Waals surface area contributed by atoms with Gasteiger partial charge < -0.3 is 18.9 Å². The zero-order valence-corrected chi connectivity index (χ0v) is 18.1. The number of likely N-dealkylation sites (tertiary alicyclic amines) is 1. The first-order valence-corrected chi connectivity index (χ1v) is 10.7. The molecule has 0 aliphatic carbocycles. The Bertz CT molecular complexity index is 1100. The zero-order valence-electron chi connectivity index (χ0n) is 18.1. The van der Waals surface area contributed by atoms with Crippen molar-refractivity contribution in [2.24, 2.45) is 0 Å². The van der Waals surface area contributed by atoms with Gasteiger partial charge in [0.2, 0.25) is 11.7 Å². The number of piperidine rings is 1. The van der Waals surface area contributed by atoms with E-state index in [2.05, 4.69) is 21.7 Å². The van der Waals surface area contributed by atoms with Gasteiger partial charge in [-0.25, -0.2) is 4.79 Å². The van der Waals surface area contributed by atoms with E-state index in [9.17, 15) is 9.59 Å². The molecule has 1 atom stereocenters. The van der Waals surface area contributed by atoms with Gasteiger partial charge in [-0.15, -0.1) is 0 Å². The van der Waals surface area contributed by atoms with Crippen LogP contribution in [0.2, 0.25) is 0 Å². The molecule has 3 aromatic rings. The molecular weight excluding hydrogens is 424 g/mol. The topological polar surface area (TPSA) is 108 Å². The number of hydrogen-bond donors (Lipinski definition) is 0. The molecule has 2 aromatic heterocycles. The van der Waals surface area contributed by atoms with Gasteiger partial charge in [0.1, 0.15) is 24.1 Å². The molecule has 0 N–H and O–H groups in total. The fraction of sp³-hybridized carbons (Fsp3) is 0.292. The molecule has 1 aromatic carbocycles. The second kappa shape index (κ2) is 10.5. The van der Waals surface area contributed by atoms with Crippen LogP contribution in [-0.4, -0.2) is 51.7 Å². The highest BCUT2D eigenvalue weighted by molar-refractivity contribution is 5.89. The van der Waals surface area contributed by atoms with E-state index in [0.717, 1.165) is 19.3 Å². The van der Waals surface area contributed by atoms with Crippen LogP contribution in [0.1, 0.15) is 41.6 Å². The summed E-state index contributed by atoms with van der Waals surface area (Å²) < 4.78 is 16.1. The third kappa shape index (κ3) is 5.43. The number of ether oxygens (including phenoxy) is 2. The van der Waals surface area contributed by atoms with Crippen LogP contribution in [0, 0.1) is 0 Å². The first-order valence-electron chi connectivity index (χ1n) is 10.7. The molecule has 1 amide bonds. The highest BCUT2D eigenvalue weighted by atomic mass is 16.5. The second-order valence-corrected chi connectivity index (χ2v) is 7.48. The van der Waals surface area contributed by atoms with Crippen LogP contribution in [0.3, 0.4) is 0 Å². The van der Waals surface area contributed by atoms with Crippen molar-refractivity contribution in [2.45, 2.75) is 25.3 Å². The maximum absolute atomic E-state index is 12.9. The number of para-hydroxylation sites is 1. The molecular formula is C24H24N4O5. The number of rotatable bonds is 8. The second-order valence-electron chi connectivity index (χ2n) is 7.48. The van der Waals surface area contributed by atoms with Gasteiger partial charge >= 0.3 is 5.97 Å². The number of hydrogen-bond acceptors (Lipinski definition) is 8. The molecule has 9 nitrogen and oxygen atoms in total. The molecule has 3 heterocycles. The lowest BCUT2D eigenvalue weighted by atomic mass is 10.0. The maximum atomic E-state index is 12.9. The zero-order chi connectivity index (χ0) is 23.0. The molecule has 1 aliphatic heterocycles. The number of carbonyl (C=O) groups excluding carboxylic acids is 2. The van der Waals surface area contributed by atoms with E-state index in [1.807, 2.05) is 30.3 Å². The van der Waals surface area contributed by atoms with Gasteiger partial charge in [-0.3, -0.25) is 9.78 Å². The van der Waals surface area contributed by atoms with E-state index in [0.29, 0.717) is 29.4 Å². The molecule has 33 heavy (non-hydrogen) atoms. The van der Waals surface area contributed by atoms with E-state index < -0.39 is 5.97 Å². The quantitative estimate of drug-likeness (QED) is 0.380. The Labute approximate surface area is 191 Å². The highest BCUT2D eigenvalue weighted by Gasteiger charge is 2.32. The highest BCUT2D eigenvalue weighted by Crippen LogP contribution is 2.31. The third-order valence-corrected chi connectivity index (χ3v) is 5.22. The number of nitrogens with zero attached hydrogens (tertiary/aromatic N) is 4. The van der Waals surface area contributed by atoms with E-state index in [1.165, 1.54) is 12.3 Å². The number of pyridine rings is 1. The van der Waals surface area contributed by atoms with E-state index in [1.54, 1.807) is 17.0 Å². The average Bonchev–Trinajstić information content (AvgIpc) is 3.37. The predicted octanol–water partition coefficient (Wildman–Crippen LogP) is 3.61. The Morgan fingerprint density at radius 2 is 2.03 bits per heavy atom. The van der Waals surface area contributed by atoms with Crippen LogP contribution in [0.4, 0.5) is 0 Å². The van der Waals surface area contributed by atoms with Gasteiger partial charge in [-0.05, 0) is 43.5 Å². The molecule has 0 radical (unpaired) electrons. The summed E-state index contributed by atoms with van der Waals surface area (Å²) in [5.41, 5.74) is 0.762. The van der Waals surface area contributed by atoms with E-state index in [-0.39, 0.29) is 31.0 Å². The Hall–Kier alpha value is -4.01. The van der Waals surface area contributed by atoms with Crippen molar-refractivity contribution < 1.29 is 23.6 Å². The van der Waals surface area contributed by atoms with Gasteiger partial charge in [-0.1, -0.05) is 36.0 Å². The number of amides is 1. The summed E-state index contributed by atoms with van der Waals surface area (Å²) in [5, 5.41) is 4.03. The lowest BCUT2D eigenvalue weighted by Crippen LogP contribution is -2.41. The van der Waals surface area contributed by atoms with Gasteiger partial charge in [-0.2, -0.15) is 4.98 Å². The van der Waals surface area contributed by atoms with Crippen molar-refractivity contribution in [3.63, 3.8) is 0 Å². The Morgan fingerprint density at radius 3 is 2.79 bits per heavy atom. The molecule has 170 valence electrons. The van der Waals surface area contributed by atoms with Crippen molar-refractivity contribution in [3.05, 3.63) is 72.8 Å². The van der Waals surface area contributed by atoms with Crippen LogP contribution >= 0.6 is 0 Å². The lowest BCUT2D eigenvalue weighted by Gasteiger charge is -2.33. The summed E-state index contributed by atoms with van der Waals surface area (Å²) in [6, 6.07) is 12.1. The Balaban J connectivity index is 1.44. The lowest BCUT2D eigenvalue weighted by molar-refractivity contribution is -0.138. The van der Waals surface area contributed by atoms with Crippen LogP contribution < -0.4 is 4.74 Å². The third-order valence-electron chi connectivity index (χ3n) is 5.22. The van der Waals surface area contributed by atoms with Gasteiger partial charge in [0.15, 0.2) is 6.61 Å². The van der Waals surface area contributed by atoms with Crippen molar-refractivity contribution in [1.82, 2.24) is 20.0 Å². The normalized spacial score (nSPS) is 15.6. The summed E-state index contributed by atoms with van der Waals surface area (Å²) in [6.45, 7) is 4.17. The molecule has 9 heteroatoms. The molecule has 1 saturated heterocycles. The minimum Gasteiger partial charge on any atom is -0.484 e. The standard InChI is InChI=1S/C24H24N4O5/c1-2-14-31-24(30)17-11-12-19(25-15-17)22-26-23(33-27-22)20-10-6-7-13-28(20)21(29)16-32-18-8-4-3-5-9-18/h2-5,8-9,11-12,15,20H,1,6-7,10,13-14,16H2/t20-/m0/s1. The first kappa shape index (κ1) is 22.2. The SMILES string of the molecule is C=CCOC(=O)c1ccc(-c2noc([C@@H]3CCCCN3C(=O)COc3ccccc3)n2)nc1. The monoisotopic (exact) mass is 448 g/mol. The maximum Gasteiger partial charge on any atom is 0.340 e. The number of carbonyl (C=O) groups is 2. The average molecular weight is 448 g/mol. The minimum atomic E-state index is -0.489. The molecule has 1 aliphatic rings. The summed E-state index contributed by atoms with van der Waals surface area (Å²) in [5.74, 6) is 0.659. The molecule has 0 saturated carbocycles. The fourth-order valence-electron chi connectivity index (χ4n) is 3.57. The Morgan fingerprint density at radius 1 is 1.18 bits per heavy atom. The number of esters is 1. The van der Waals surface area contributed by atoms with Crippen LogP contribution in [0.5, 0.6) is 5.75 Å². The summed E-state index contributed by atoms with van der Waals surface area (Å²) in [7, 11) is 0. The smallest absolute Gasteiger partial charge is 0.340 e. The van der Waals surface area contributed by atoms with Crippen molar-refractivity contribution >= 4 is 11.9 Å². The van der Waals surface area contributed by atoms with Crippen LogP contribution in [-0.2, 0) is 9.53 Å². The van der Waals surface area contributed by atoms with Crippen molar-refractivity contribution in [2.75, 3.05) is 19.8 Å². The molecule has 0 bridgehead atoms. The predicted molar refractivity (Wildman–Crippen MR) is 118 cm³/mol. The largest absolute Gasteiger partial charge is 0.484 e. The molecule has 1 fully saturated rings. The van der Waals surface area contributed by atoms with Gasteiger partial charge in [0.25, 0.3) is 5.91 Å². The summed E-state index contributed by atoms with van der Waals surface area (Å²) in [6.07, 6.45) is 5.47. The number of aromatic nitrogens is 3. The summed E-state index contributed by atoms with van der Waals surface area (Å²) >= 11 is 0. The number of benzene rings is 1. The molecule has 0 spiro atoms. The van der Waals surface area contributed by atoms with Gasteiger partial charge in [0, 0.05) is 12.7 Å². The van der Waals surface area contributed by atoms with Crippen molar-refractivity contribution in [1.29, 1.82) is 0 Å². The Kier molecular flexibility index (Phi) is 7.09. The molecule has 0 unspecified atom stereocenters. The van der Waals surface area contributed by atoms with Crippen LogP contribution in [0.15, 0.2) is 65.8 Å². The van der Waals surface area contributed by atoms with Crippen molar-refractivity contribution in [3.8, 4) is 17.3 Å². The fourth-order valence-corrected chi connectivity index (χ4v) is 3.57. The minimum absolute atomic E-state index is 0.0630. The van der Waals surface area contributed by atoms with Crippen LogP contribution in [0.25, 0.3) is 11.5 Å². The van der Waals surface area contributed by atoms with E-state index in [4.69, 9.17) is 14.0 Å². The van der Waals surface area contributed by atoms with E-state index >= 15 is 0 Å². The first-order chi connectivity index (χ1) is 16.2. The summed E-state index contributed by atoms with van der Waals surface area (Å²) in [4.78, 5) is 35.2.